The van der Waals surface area contributed by atoms with Crippen LogP contribution in [-0.4, -0.2) is 12.6 Å². The molecule has 1 rings (SSSR count). The van der Waals surface area contributed by atoms with Crippen molar-refractivity contribution in [1.29, 1.82) is 0 Å². The second-order valence-electron chi connectivity index (χ2n) is 4.73. The normalized spacial score (nSPS) is 20.0. The van der Waals surface area contributed by atoms with Gasteiger partial charge in [-0.3, -0.25) is 4.79 Å². The molecule has 1 aliphatic heterocycles. The van der Waals surface area contributed by atoms with Gasteiger partial charge in [0.15, 0.2) is 0 Å². The molecule has 1 fully saturated rings. The van der Waals surface area contributed by atoms with Crippen molar-refractivity contribution in [2.24, 2.45) is 5.41 Å². The van der Waals surface area contributed by atoms with Crippen molar-refractivity contribution in [2.45, 2.75) is 65.2 Å². The van der Waals surface area contributed by atoms with E-state index < -0.39 is 0 Å². The minimum Gasteiger partial charge on any atom is -0.465 e. The van der Waals surface area contributed by atoms with Gasteiger partial charge in [0.25, 0.3) is 0 Å². The van der Waals surface area contributed by atoms with Gasteiger partial charge in [-0.05, 0) is 25.7 Å². The summed E-state index contributed by atoms with van der Waals surface area (Å²) >= 11 is 0. The number of hydrogen-bond acceptors (Lipinski definition) is 2. The number of hydrogen-bond donors (Lipinski definition) is 0. The molecule has 0 aromatic heterocycles. The molecule has 0 N–H and O–H groups in total. The zero-order valence-corrected chi connectivity index (χ0v) is 10.2. The summed E-state index contributed by atoms with van der Waals surface area (Å²) in [7, 11) is 0. The van der Waals surface area contributed by atoms with Gasteiger partial charge >= 0.3 is 5.97 Å². The fraction of sp³-hybridized carbons (Fsp3) is 0.923. The number of unbranched alkanes of at least 4 members (excludes halogenated alkanes) is 2. The van der Waals surface area contributed by atoms with E-state index in [1.165, 1.54) is 12.8 Å². The fourth-order valence-electron chi connectivity index (χ4n) is 2.44. The molecule has 2 heteroatoms. The van der Waals surface area contributed by atoms with Gasteiger partial charge in [0.1, 0.15) is 0 Å². The highest BCUT2D eigenvalue weighted by Crippen LogP contribution is 2.39. The van der Waals surface area contributed by atoms with E-state index >= 15 is 0 Å². The molecular weight excluding hydrogens is 188 g/mol. The van der Waals surface area contributed by atoms with E-state index in [0.29, 0.717) is 6.61 Å². The first-order valence-electron chi connectivity index (χ1n) is 6.42. The molecule has 0 radical (unpaired) electrons. The van der Waals surface area contributed by atoms with Gasteiger partial charge in [0.05, 0.1) is 12.0 Å². The molecule has 0 bridgehead atoms. The molecule has 15 heavy (non-hydrogen) atoms. The number of esters is 1. The summed E-state index contributed by atoms with van der Waals surface area (Å²) in [6, 6.07) is 0. The van der Waals surface area contributed by atoms with Crippen LogP contribution in [-0.2, 0) is 9.53 Å². The summed E-state index contributed by atoms with van der Waals surface area (Å²) in [6.45, 7) is 5.00. The first kappa shape index (κ1) is 12.5. The maximum Gasteiger partial charge on any atom is 0.312 e. The number of rotatable bonds is 6. The predicted molar refractivity (Wildman–Crippen MR) is 61.7 cm³/mol. The largest absolute Gasteiger partial charge is 0.465 e. The van der Waals surface area contributed by atoms with E-state index in [1.54, 1.807) is 0 Å². The van der Waals surface area contributed by atoms with Crippen LogP contribution in [0.5, 0.6) is 0 Å². The third-order valence-corrected chi connectivity index (χ3v) is 3.48. The van der Waals surface area contributed by atoms with E-state index in [0.717, 1.165) is 38.5 Å². The lowest BCUT2D eigenvalue weighted by Crippen LogP contribution is -2.37. The topological polar surface area (TPSA) is 26.3 Å². The Bertz CT molecular complexity index is 191. The zero-order valence-electron chi connectivity index (χ0n) is 10.2. The van der Waals surface area contributed by atoms with Crippen LogP contribution < -0.4 is 0 Å². The Kier molecular flexibility index (Phi) is 5.13. The van der Waals surface area contributed by atoms with Gasteiger partial charge in [-0.25, -0.2) is 0 Å². The molecule has 0 aromatic carbocycles. The average molecular weight is 212 g/mol. The maximum atomic E-state index is 11.9. The Morgan fingerprint density at radius 3 is 2.27 bits per heavy atom. The predicted octanol–water partition coefficient (Wildman–Crippen LogP) is 3.69. The maximum absolute atomic E-state index is 11.9. The van der Waals surface area contributed by atoms with Gasteiger partial charge in [-0.15, -0.1) is 0 Å². The third-order valence-electron chi connectivity index (χ3n) is 3.48. The van der Waals surface area contributed by atoms with Crippen molar-refractivity contribution >= 4 is 5.97 Å². The molecule has 1 saturated heterocycles. The lowest BCUT2D eigenvalue weighted by Gasteiger charge is -2.35. The van der Waals surface area contributed by atoms with Gasteiger partial charge in [-0.1, -0.05) is 39.5 Å². The van der Waals surface area contributed by atoms with E-state index in [9.17, 15) is 4.79 Å². The second kappa shape index (κ2) is 6.14. The van der Waals surface area contributed by atoms with Crippen LogP contribution in [0.1, 0.15) is 65.2 Å². The lowest BCUT2D eigenvalue weighted by molar-refractivity contribution is -0.163. The first-order chi connectivity index (χ1) is 7.25. The van der Waals surface area contributed by atoms with Crippen molar-refractivity contribution in [3.05, 3.63) is 0 Å². The van der Waals surface area contributed by atoms with Gasteiger partial charge in [0.2, 0.25) is 0 Å². The summed E-state index contributed by atoms with van der Waals surface area (Å²) in [4.78, 5) is 11.9. The highest BCUT2D eigenvalue weighted by Gasteiger charge is 2.40. The standard InChI is InChI=1S/C13H24O2/c1-3-5-8-13(9-6-4-2)10-7-11-15-12(13)14/h3-11H2,1-2H3. The Morgan fingerprint density at radius 1 is 1.20 bits per heavy atom. The first-order valence-corrected chi connectivity index (χ1v) is 6.42. The molecule has 0 atom stereocenters. The lowest BCUT2D eigenvalue weighted by atomic mass is 9.74. The summed E-state index contributed by atoms with van der Waals surface area (Å²) in [5.41, 5.74) is -0.121. The molecule has 1 heterocycles. The quantitative estimate of drug-likeness (QED) is 0.628. The van der Waals surface area contributed by atoms with Crippen LogP contribution in [0, 0.1) is 5.41 Å². The van der Waals surface area contributed by atoms with Crippen LogP contribution in [0.4, 0.5) is 0 Å². The molecule has 0 aromatic rings. The summed E-state index contributed by atoms with van der Waals surface area (Å²) in [5.74, 6) is 0.0793. The Morgan fingerprint density at radius 2 is 1.80 bits per heavy atom. The minimum absolute atomic E-state index is 0.0793. The number of carbonyl (C=O) groups is 1. The minimum atomic E-state index is -0.121. The van der Waals surface area contributed by atoms with E-state index in [2.05, 4.69) is 13.8 Å². The Hall–Kier alpha value is -0.530. The number of ether oxygens (including phenoxy) is 1. The van der Waals surface area contributed by atoms with Gasteiger partial charge in [-0.2, -0.15) is 0 Å². The van der Waals surface area contributed by atoms with Crippen molar-refractivity contribution < 1.29 is 9.53 Å². The molecule has 0 unspecified atom stereocenters. The Balaban J connectivity index is 2.59. The van der Waals surface area contributed by atoms with Crippen LogP contribution in [0.2, 0.25) is 0 Å². The molecule has 0 aliphatic carbocycles. The summed E-state index contributed by atoms with van der Waals surface area (Å²) in [6.07, 6.45) is 8.80. The summed E-state index contributed by atoms with van der Waals surface area (Å²) in [5, 5.41) is 0. The molecule has 0 amide bonds. The van der Waals surface area contributed by atoms with Crippen molar-refractivity contribution in [3.8, 4) is 0 Å². The number of carbonyl (C=O) groups excluding carboxylic acids is 1. The van der Waals surface area contributed by atoms with E-state index in [4.69, 9.17) is 4.74 Å². The van der Waals surface area contributed by atoms with Crippen LogP contribution in [0.3, 0.4) is 0 Å². The molecule has 1 aliphatic rings. The zero-order chi connectivity index (χ0) is 11.1. The molecule has 2 nitrogen and oxygen atoms in total. The SMILES string of the molecule is CCCCC1(CCCC)CCCOC1=O. The van der Waals surface area contributed by atoms with Crippen molar-refractivity contribution in [2.75, 3.05) is 6.61 Å². The van der Waals surface area contributed by atoms with Crippen LogP contribution in [0.15, 0.2) is 0 Å². The van der Waals surface area contributed by atoms with Gasteiger partial charge < -0.3 is 4.74 Å². The smallest absolute Gasteiger partial charge is 0.312 e. The number of cyclic esters (lactones) is 1. The molecule has 88 valence electrons. The molecular formula is C13H24O2. The highest BCUT2D eigenvalue weighted by atomic mass is 16.5. The molecule has 0 spiro atoms. The fourth-order valence-corrected chi connectivity index (χ4v) is 2.44. The Labute approximate surface area is 93.4 Å². The van der Waals surface area contributed by atoms with Crippen molar-refractivity contribution in [3.63, 3.8) is 0 Å². The highest BCUT2D eigenvalue weighted by molar-refractivity contribution is 5.77. The van der Waals surface area contributed by atoms with Crippen molar-refractivity contribution in [1.82, 2.24) is 0 Å². The monoisotopic (exact) mass is 212 g/mol. The third kappa shape index (κ3) is 3.22. The van der Waals surface area contributed by atoms with Gasteiger partial charge in [0, 0.05) is 0 Å². The summed E-state index contributed by atoms with van der Waals surface area (Å²) < 4.78 is 5.25. The van der Waals surface area contributed by atoms with Crippen LogP contribution >= 0.6 is 0 Å². The van der Waals surface area contributed by atoms with E-state index in [-0.39, 0.29) is 11.4 Å². The van der Waals surface area contributed by atoms with E-state index in [1.807, 2.05) is 0 Å². The second-order valence-corrected chi connectivity index (χ2v) is 4.73. The molecule has 0 saturated carbocycles. The van der Waals surface area contributed by atoms with Crippen LogP contribution in [0.25, 0.3) is 0 Å². The average Bonchev–Trinajstić information content (AvgIpc) is 2.27.